The van der Waals surface area contributed by atoms with E-state index >= 15 is 0 Å². The standard InChI is InChI=1S/C23H31N3O3/c1-4-29-22(27)21-16(2)20(17(3)24-21)15-26(19-13-9-6-10-14-19)23(28)25-18-11-7-5-8-12-18/h5,7-8,11-12,19,24H,4,6,9-10,13-15H2,1-3H3,(H,25,28). The maximum atomic E-state index is 13.2. The summed E-state index contributed by atoms with van der Waals surface area (Å²) in [6.07, 6.45) is 5.52. The first-order chi connectivity index (χ1) is 14.0. The second kappa shape index (κ2) is 9.63. The highest BCUT2D eigenvalue weighted by Crippen LogP contribution is 2.28. The summed E-state index contributed by atoms with van der Waals surface area (Å²) in [7, 11) is 0. The van der Waals surface area contributed by atoms with Gasteiger partial charge in [-0.3, -0.25) is 0 Å². The highest BCUT2D eigenvalue weighted by molar-refractivity contribution is 5.91. The summed E-state index contributed by atoms with van der Waals surface area (Å²) in [6.45, 7) is 6.46. The van der Waals surface area contributed by atoms with Gasteiger partial charge in [0.1, 0.15) is 5.69 Å². The first-order valence-corrected chi connectivity index (χ1v) is 10.5. The van der Waals surface area contributed by atoms with Crippen LogP contribution < -0.4 is 5.32 Å². The first kappa shape index (κ1) is 21.0. The van der Waals surface area contributed by atoms with Gasteiger partial charge in [0.25, 0.3) is 0 Å². The van der Waals surface area contributed by atoms with Gasteiger partial charge in [0.2, 0.25) is 0 Å². The molecule has 0 aliphatic heterocycles. The Balaban J connectivity index is 1.85. The van der Waals surface area contributed by atoms with Crippen molar-refractivity contribution in [3.63, 3.8) is 0 Å². The number of hydrogen-bond donors (Lipinski definition) is 2. The van der Waals surface area contributed by atoms with Crippen LogP contribution in [0.1, 0.15) is 66.3 Å². The molecule has 0 atom stereocenters. The number of nitrogens with one attached hydrogen (secondary N) is 2. The van der Waals surface area contributed by atoms with Crippen LogP contribution in [0.25, 0.3) is 0 Å². The van der Waals surface area contributed by atoms with Gasteiger partial charge in [-0.15, -0.1) is 0 Å². The van der Waals surface area contributed by atoms with Crippen LogP contribution in [0.4, 0.5) is 10.5 Å². The molecule has 0 unspecified atom stereocenters. The van der Waals surface area contributed by atoms with Crippen LogP contribution >= 0.6 is 0 Å². The van der Waals surface area contributed by atoms with Gasteiger partial charge in [0, 0.05) is 24.0 Å². The second-order valence-corrected chi connectivity index (χ2v) is 7.66. The molecular formula is C23H31N3O3. The lowest BCUT2D eigenvalue weighted by Crippen LogP contribution is -2.43. The Kier molecular flexibility index (Phi) is 6.96. The first-order valence-electron chi connectivity index (χ1n) is 10.5. The summed E-state index contributed by atoms with van der Waals surface area (Å²) >= 11 is 0. The van der Waals surface area contributed by atoms with Crippen LogP contribution in [0, 0.1) is 13.8 Å². The van der Waals surface area contributed by atoms with E-state index in [-0.39, 0.29) is 18.0 Å². The SMILES string of the molecule is CCOC(=O)c1[nH]c(C)c(CN(C(=O)Nc2ccccc2)C2CCCCC2)c1C. The fourth-order valence-corrected chi connectivity index (χ4v) is 4.08. The number of rotatable bonds is 6. The number of para-hydroxylation sites is 1. The zero-order chi connectivity index (χ0) is 20.8. The van der Waals surface area contributed by atoms with Gasteiger partial charge in [-0.25, -0.2) is 9.59 Å². The van der Waals surface area contributed by atoms with Crippen LogP contribution in [0.5, 0.6) is 0 Å². The normalized spacial score (nSPS) is 14.4. The third-order valence-corrected chi connectivity index (χ3v) is 5.70. The maximum Gasteiger partial charge on any atom is 0.355 e. The Hall–Kier alpha value is -2.76. The zero-order valence-corrected chi connectivity index (χ0v) is 17.6. The number of anilines is 1. The molecule has 1 fully saturated rings. The van der Waals surface area contributed by atoms with Crippen molar-refractivity contribution in [1.82, 2.24) is 9.88 Å². The fraction of sp³-hybridized carbons (Fsp3) is 0.478. The van der Waals surface area contributed by atoms with Gasteiger partial charge >= 0.3 is 12.0 Å². The number of aromatic amines is 1. The number of urea groups is 1. The van der Waals surface area contributed by atoms with E-state index in [0.29, 0.717) is 18.8 Å². The van der Waals surface area contributed by atoms with Gasteiger partial charge in [-0.05, 0) is 56.9 Å². The number of H-pyrrole nitrogens is 1. The molecule has 0 saturated heterocycles. The number of aryl methyl sites for hydroxylation is 1. The number of nitrogens with zero attached hydrogens (tertiary/aromatic N) is 1. The van der Waals surface area contributed by atoms with Crippen LogP contribution in [0.3, 0.4) is 0 Å². The quantitative estimate of drug-likeness (QED) is 0.660. The lowest BCUT2D eigenvalue weighted by atomic mass is 9.93. The number of carbonyl (C=O) groups excluding carboxylic acids is 2. The van der Waals surface area contributed by atoms with Crippen LogP contribution in [0.15, 0.2) is 30.3 Å². The minimum Gasteiger partial charge on any atom is -0.461 e. The number of ether oxygens (including phenoxy) is 1. The molecule has 3 rings (SSSR count). The van der Waals surface area contributed by atoms with Crippen molar-refractivity contribution < 1.29 is 14.3 Å². The van der Waals surface area contributed by atoms with Gasteiger partial charge in [0.05, 0.1) is 6.61 Å². The van der Waals surface area contributed by atoms with E-state index in [0.717, 1.165) is 48.2 Å². The van der Waals surface area contributed by atoms with Crippen molar-refractivity contribution in [2.45, 2.75) is 65.5 Å². The van der Waals surface area contributed by atoms with E-state index < -0.39 is 0 Å². The van der Waals surface area contributed by atoms with Crippen LogP contribution in [0.2, 0.25) is 0 Å². The highest BCUT2D eigenvalue weighted by atomic mass is 16.5. The number of amides is 2. The molecular weight excluding hydrogens is 366 g/mol. The summed E-state index contributed by atoms with van der Waals surface area (Å²) < 4.78 is 5.16. The van der Waals surface area contributed by atoms with E-state index in [9.17, 15) is 9.59 Å². The molecule has 1 heterocycles. The van der Waals surface area contributed by atoms with Gasteiger partial charge in [-0.1, -0.05) is 37.5 Å². The molecule has 1 aromatic carbocycles. The largest absolute Gasteiger partial charge is 0.461 e. The van der Waals surface area contributed by atoms with E-state index in [2.05, 4.69) is 10.3 Å². The average molecular weight is 398 g/mol. The lowest BCUT2D eigenvalue weighted by Gasteiger charge is -2.34. The van der Waals surface area contributed by atoms with E-state index in [4.69, 9.17) is 4.74 Å². The lowest BCUT2D eigenvalue weighted by molar-refractivity contribution is 0.0519. The molecule has 0 bridgehead atoms. The Bertz CT molecular complexity index is 839. The monoisotopic (exact) mass is 397 g/mol. The van der Waals surface area contributed by atoms with Crippen molar-refractivity contribution >= 4 is 17.7 Å². The molecule has 2 N–H and O–H groups in total. The van der Waals surface area contributed by atoms with E-state index in [1.165, 1.54) is 6.42 Å². The molecule has 0 radical (unpaired) electrons. The Labute approximate surface area is 172 Å². The van der Waals surface area contributed by atoms with Crippen molar-refractivity contribution in [3.05, 3.63) is 52.8 Å². The Morgan fingerprint density at radius 3 is 2.48 bits per heavy atom. The molecule has 1 saturated carbocycles. The molecule has 156 valence electrons. The van der Waals surface area contributed by atoms with Crippen molar-refractivity contribution in [2.75, 3.05) is 11.9 Å². The van der Waals surface area contributed by atoms with Gasteiger partial charge in [0.15, 0.2) is 0 Å². The highest BCUT2D eigenvalue weighted by Gasteiger charge is 2.28. The summed E-state index contributed by atoms with van der Waals surface area (Å²) in [5.41, 5.74) is 4.01. The van der Waals surface area contributed by atoms with Gasteiger partial charge in [-0.2, -0.15) is 0 Å². The summed E-state index contributed by atoms with van der Waals surface area (Å²) in [6, 6.07) is 9.63. The minimum absolute atomic E-state index is 0.0965. The minimum atomic E-state index is -0.350. The van der Waals surface area contributed by atoms with E-state index in [1.54, 1.807) is 6.92 Å². The number of hydrogen-bond acceptors (Lipinski definition) is 3. The predicted molar refractivity (Wildman–Crippen MR) is 114 cm³/mol. The number of esters is 1. The molecule has 1 aliphatic rings. The summed E-state index contributed by atoms with van der Waals surface area (Å²) in [5.74, 6) is -0.350. The number of aromatic nitrogens is 1. The van der Waals surface area contributed by atoms with Gasteiger partial charge < -0.3 is 19.9 Å². The van der Waals surface area contributed by atoms with Crippen molar-refractivity contribution in [1.29, 1.82) is 0 Å². The number of carbonyl (C=O) groups is 2. The molecule has 1 aliphatic carbocycles. The molecule has 2 aromatic rings. The maximum absolute atomic E-state index is 13.2. The second-order valence-electron chi connectivity index (χ2n) is 7.66. The summed E-state index contributed by atoms with van der Waals surface area (Å²) in [5, 5.41) is 3.03. The van der Waals surface area contributed by atoms with E-state index in [1.807, 2.05) is 49.1 Å². The third-order valence-electron chi connectivity index (χ3n) is 5.70. The third kappa shape index (κ3) is 5.00. The van der Waals surface area contributed by atoms with Crippen LogP contribution in [-0.2, 0) is 11.3 Å². The van der Waals surface area contributed by atoms with Crippen molar-refractivity contribution in [2.24, 2.45) is 0 Å². The topological polar surface area (TPSA) is 74.4 Å². The fourth-order valence-electron chi connectivity index (χ4n) is 4.08. The molecule has 1 aromatic heterocycles. The average Bonchev–Trinajstić information content (AvgIpc) is 3.01. The smallest absolute Gasteiger partial charge is 0.355 e. The van der Waals surface area contributed by atoms with Crippen molar-refractivity contribution in [3.8, 4) is 0 Å². The molecule has 2 amide bonds. The predicted octanol–water partition coefficient (Wildman–Crippen LogP) is 5.18. The zero-order valence-electron chi connectivity index (χ0n) is 17.6. The molecule has 0 spiro atoms. The molecule has 6 nitrogen and oxygen atoms in total. The Morgan fingerprint density at radius 1 is 1.14 bits per heavy atom. The van der Waals surface area contributed by atoms with Crippen LogP contribution in [-0.4, -0.2) is 34.5 Å². The summed E-state index contributed by atoms with van der Waals surface area (Å²) in [4.78, 5) is 30.5. The number of benzene rings is 1. The molecule has 29 heavy (non-hydrogen) atoms. The molecule has 6 heteroatoms. The Morgan fingerprint density at radius 2 is 1.83 bits per heavy atom.